The summed E-state index contributed by atoms with van der Waals surface area (Å²) in [4.78, 5) is 4.10. The molecular weight excluding hydrogens is 165 g/mol. The second kappa shape index (κ2) is 3.18. The minimum Gasteiger partial charge on any atom is -0.259 e. The largest absolute Gasteiger partial charge is 0.259 e. The Bertz CT molecular complexity index is 355. The summed E-state index contributed by atoms with van der Waals surface area (Å²) in [6, 6.07) is 1.40. The van der Waals surface area contributed by atoms with Crippen LogP contribution in [0.3, 0.4) is 0 Å². The predicted octanol–water partition coefficient (Wildman–Crippen LogP) is 2.50. The van der Waals surface area contributed by atoms with Gasteiger partial charge < -0.3 is 0 Å². The van der Waals surface area contributed by atoms with E-state index in [0.717, 1.165) is 0 Å². The fourth-order valence-electron chi connectivity index (χ4n) is 0.947. The lowest BCUT2D eigenvalue weighted by atomic mass is 9.91. The highest BCUT2D eigenvalue weighted by atomic mass is 19.1. The number of rotatable bonds is 0. The molecule has 0 spiro atoms. The fourth-order valence-corrected chi connectivity index (χ4v) is 0.947. The second-order valence-electron chi connectivity index (χ2n) is 3.94. The van der Waals surface area contributed by atoms with Crippen molar-refractivity contribution >= 4 is 0 Å². The molecule has 0 N–H and O–H groups in total. The molecule has 0 aromatic carbocycles. The Labute approximate surface area is 78.0 Å². The zero-order valence-corrected chi connectivity index (χ0v) is 8.06. The van der Waals surface area contributed by atoms with Gasteiger partial charge in [-0.15, -0.1) is 6.42 Å². The number of hydrogen-bond donors (Lipinski definition) is 0. The third kappa shape index (κ3) is 2.06. The summed E-state index contributed by atoms with van der Waals surface area (Å²) in [5.41, 5.74) is 0.783. The van der Waals surface area contributed by atoms with Crippen molar-refractivity contribution in [1.29, 1.82) is 0 Å². The van der Waals surface area contributed by atoms with Crippen LogP contribution in [0.25, 0.3) is 0 Å². The van der Waals surface area contributed by atoms with E-state index in [1.54, 1.807) is 0 Å². The molecule has 0 bridgehead atoms. The minimum atomic E-state index is -0.373. The number of aromatic nitrogens is 1. The van der Waals surface area contributed by atoms with E-state index in [2.05, 4.69) is 10.9 Å². The van der Waals surface area contributed by atoms with Gasteiger partial charge >= 0.3 is 0 Å². The van der Waals surface area contributed by atoms with Crippen molar-refractivity contribution in [2.24, 2.45) is 0 Å². The molecule has 0 aliphatic rings. The lowest BCUT2D eigenvalue weighted by Crippen LogP contribution is -2.14. The minimum absolute atomic E-state index is 0.145. The van der Waals surface area contributed by atoms with E-state index in [-0.39, 0.29) is 16.8 Å². The Balaban J connectivity index is 3.20. The summed E-state index contributed by atoms with van der Waals surface area (Å²) in [5.74, 6) is 1.86. The Hall–Kier alpha value is -1.36. The normalized spacial score (nSPS) is 11.0. The van der Waals surface area contributed by atoms with Gasteiger partial charge in [-0.25, -0.2) is 4.39 Å². The molecule has 0 amide bonds. The Morgan fingerprint density at radius 3 is 2.46 bits per heavy atom. The zero-order valence-electron chi connectivity index (χ0n) is 8.06. The smallest absolute Gasteiger partial charge is 0.142 e. The number of pyridine rings is 1. The van der Waals surface area contributed by atoms with Gasteiger partial charge in [0.05, 0.1) is 5.56 Å². The molecule has 1 heterocycles. The first-order chi connectivity index (χ1) is 5.95. The van der Waals surface area contributed by atoms with Crippen LogP contribution in [0.2, 0.25) is 0 Å². The van der Waals surface area contributed by atoms with Crippen molar-refractivity contribution in [2.75, 3.05) is 0 Å². The SMILES string of the molecule is C#Cc1cnc(C(C)(C)C)cc1F. The summed E-state index contributed by atoms with van der Waals surface area (Å²) in [7, 11) is 0. The molecule has 1 rings (SSSR count). The van der Waals surface area contributed by atoms with Crippen LogP contribution in [-0.4, -0.2) is 4.98 Å². The van der Waals surface area contributed by atoms with E-state index in [0.29, 0.717) is 5.69 Å². The quantitative estimate of drug-likeness (QED) is 0.555. The van der Waals surface area contributed by atoms with Gasteiger partial charge in [0.25, 0.3) is 0 Å². The maximum absolute atomic E-state index is 13.2. The summed E-state index contributed by atoms with van der Waals surface area (Å²) in [6.45, 7) is 5.93. The predicted molar refractivity (Wildman–Crippen MR) is 50.8 cm³/mol. The zero-order chi connectivity index (χ0) is 10.1. The third-order valence-corrected chi connectivity index (χ3v) is 1.78. The highest BCUT2D eigenvalue weighted by Crippen LogP contribution is 2.21. The number of hydrogen-bond acceptors (Lipinski definition) is 1. The van der Waals surface area contributed by atoms with Crippen LogP contribution in [0.4, 0.5) is 4.39 Å². The molecule has 13 heavy (non-hydrogen) atoms. The molecular formula is C11H12FN. The fraction of sp³-hybridized carbons (Fsp3) is 0.364. The highest BCUT2D eigenvalue weighted by Gasteiger charge is 2.16. The molecule has 2 heteroatoms. The number of nitrogens with zero attached hydrogens (tertiary/aromatic N) is 1. The van der Waals surface area contributed by atoms with Crippen LogP contribution in [0.15, 0.2) is 12.3 Å². The van der Waals surface area contributed by atoms with E-state index in [1.807, 2.05) is 20.8 Å². The van der Waals surface area contributed by atoms with E-state index < -0.39 is 0 Å². The molecule has 0 radical (unpaired) electrons. The van der Waals surface area contributed by atoms with Crippen LogP contribution >= 0.6 is 0 Å². The second-order valence-corrected chi connectivity index (χ2v) is 3.94. The van der Waals surface area contributed by atoms with Crippen LogP contribution < -0.4 is 0 Å². The lowest BCUT2D eigenvalue weighted by Gasteiger charge is -2.17. The van der Waals surface area contributed by atoms with Crippen LogP contribution in [0.5, 0.6) is 0 Å². The van der Waals surface area contributed by atoms with E-state index in [1.165, 1.54) is 12.3 Å². The van der Waals surface area contributed by atoms with Crippen molar-refractivity contribution in [1.82, 2.24) is 4.98 Å². The number of halogens is 1. The average Bonchev–Trinajstić information content (AvgIpc) is 2.02. The summed E-state index contributed by atoms with van der Waals surface area (Å²) in [6.07, 6.45) is 6.48. The van der Waals surface area contributed by atoms with Gasteiger partial charge in [-0.05, 0) is 6.07 Å². The summed E-state index contributed by atoms with van der Waals surface area (Å²) in [5, 5.41) is 0. The Morgan fingerprint density at radius 1 is 1.46 bits per heavy atom. The van der Waals surface area contributed by atoms with Crippen molar-refractivity contribution in [3.8, 4) is 12.3 Å². The molecule has 1 nitrogen and oxygen atoms in total. The lowest BCUT2D eigenvalue weighted by molar-refractivity contribution is 0.551. The van der Waals surface area contributed by atoms with Gasteiger partial charge in [-0.1, -0.05) is 26.7 Å². The Kier molecular flexibility index (Phi) is 2.38. The van der Waals surface area contributed by atoms with E-state index in [4.69, 9.17) is 6.42 Å². The first-order valence-corrected chi connectivity index (χ1v) is 4.08. The first kappa shape index (κ1) is 9.73. The van der Waals surface area contributed by atoms with E-state index >= 15 is 0 Å². The maximum atomic E-state index is 13.2. The summed E-state index contributed by atoms with van der Waals surface area (Å²) < 4.78 is 13.2. The molecule has 0 fully saturated rings. The molecule has 0 unspecified atom stereocenters. The topological polar surface area (TPSA) is 12.9 Å². The van der Waals surface area contributed by atoms with Gasteiger partial charge in [0, 0.05) is 17.3 Å². The first-order valence-electron chi connectivity index (χ1n) is 4.08. The Morgan fingerprint density at radius 2 is 2.08 bits per heavy atom. The molecule has 68 valence electrons. The standard InChI is InChI=1S/C11H12FN/c1-5-8-7-13-10(6-9(8)12)11(2,3)4/h1,6-7H,2-4H3. The highest BCUT2D eigenvalue weighted by molar-refractivity contribution is 5.32. The molecule has 0 atom stereocenters. The molecule has 0 saturated carbocycles. The molecule has 1 aromatic rings. The van der Waals surface area contributed by atoms with Gasteiger partial charge in [-0.3, -0.25) is 4.98 Å². The van der Waals surface area contributed by atoms with Crippen molar-refractivity contribution in [3.63, 3.8) is 0 Å². The van der Waals surface area contributed by atoms with Gasteiger partial charge in [0.15, 0.2) is 0 Å². The summed E-state index contributed by atoms with van der Waals surface area (Å²) >= 11 is 0. The van der Waals surface area contributed by atoms with Gasteiger partial charge in [-0.2, -0.15) is 0 Å². The van der Waals surface area contributed by atoms with Crippen LogP contribution in [-0.2, 0) is 5.41 Å². The molecule has 0 aliphatic carbocycles. The van der Waals surface area contributed by atoms with Crippen LogP contribution in [0, 0.1) is 18.2 Å². The number of terminal acetylenes is 1. The van der Waals surface area contributed by atoms with Gasteiger partial charge in [0.2, 0.25) is 0 Å². The average molecular weight is 177 g/mol. The van der Waals surface area contributed by atoms with E-state index in [9.17, 15) is 4.39 Å². The van der Waals surface area contributed by atoms with Crippen molar-refractivity contribution in [2.45, 2.75) is 26.2 Å². The maximum Gasteiger partial charge on any atom is 0.142 e. The molecule has 0 aliphatic heterocycles. The molecule has 0 saturated heterocycles. The van der Waals surface area contributed by atoms with Crippen molar-refractivity contribution in [3.05, 3.63) is 29.3 Å². The van der Waals surface area contributed by atoms with Gasteiger partial charge in [0.1, 0.15) is 5.82 Å². The monoisotopic (exact) mass is 177 g/mol. The third-order valence-electron chi connectivity index (χ3n) is 1.78. The molecule has 1 aromatic heterocycles. The van der Waals surface area contributed by atoms with Crippen LogP contribution in [0.1, 0.15) is 32.0 Å². The van der Waals surface area contributed by atoms with Crippen molar-refractivity contribution < 1.29 is 4.39 Å².